The minimum absolute atomic E-state index is 0.0617. The van der Waals surface area contributed by atoms with Gasteiger partial charge in [-0.1, -0.05) is 11.6 Å². The quantitative estimate of drug-likeness (QED) is 0.505. The van der Waals surface area contributed by atoms with Gasteiger partial charge < -0.3 is 18.8 Å². The normalized spacial score (nSPS) is 16.8. The first-order valence-electron chi connectivity index (χ1n) is 10.00. The molecule has 1 atom stereocenters. The van der Waals surface area contributed by atoms with E-state index in [0.29, 0.717) is 46.0 Å². The summed E-state index contributed by atoms with van der Waals surface area (Å²) in [4.78, 5) is 29.4. The van der Waals surface area contributed by atoms with E-state index < -0.39 is 17.6 Å². The van der Waals surface area contributed by atoms with Crippen molar-refractivity contribution in [2.45, 2.75) is 26.0 Å². The Kier molecular flexibility index (Phi) is 5.19. The van der Waals surface area contributed by atoms with Gasteiger partial charge in [0, 0.05) is 29.3 Å². The van der Waals surface area contributed by atoms with Crippen molar-refractivity contribution >= 4 is 28.9 Å². The number of fused-ring (bicyclic) bond motifs is 3. The highest BCUT2D eigenvalue weighted by Gasteiger charge is 2.31. The number of esters is 1. The van der Waals surface area contributed by atoms with E-state index in [1.807, 2.05) is 5.38 Å². The molecule has 160 valence electrons. The highest BCUT2D eigenvalue weighted by Crippen LogP contribution is 2.45. The molecule has 2 aliphatic rings. The molecule has 0 bridgehead atoms. The molecule has 5 rings (SSSR count). The number of nitrogens with zero attached hydrogens (tertiary/aromatic N) is 2. The molecule has 0 N–H and O–H groups in total. The van der Waals surface area contributed by atoms with Gasteiger partial charge in [0.05, 0.1) is 29.4 Å². The molecule has 1 aliphatic heterocycles. The molecule has 1 aliphatic carbocycles. The first-order valence-corrected chi connectivity index (χ1v) is 11.3. The van der Waals surface area contributed by atoms with Crippen LogP contribution >= 0.6 is 22.9 Å². The highest BCUT2D eigenvalue weighted by molar-refractivity contribution is 7.07. The van der Waals surface area contributed by atoms with E-state index in [-0.39, 0.29) is 12.2 Å². The summed E-state index contributed by atoms with van der Waals surface area (Å²) in [6.45, 7) is 2.48. The fraction of sp³-hybridized carbons (Fsp3) is 0.318. The minimum atomic E-state index is -0.674. The van der Waals surface area contributed by atoms with E-state index in [2.05, 4.69) is 4.98 Å². The van der Waals surface area contributed by atoms with Crippen LogP contribution in [0.15, 0.2) is 40.1 Å². The number of hydrogen-bond donors (Lipinski definition) is 0. The van der Waals surface area contributed by atoms with Crippen molar-refractivity contribution in [2.75, 3.05) is 13.2 Å². The van der Waals surface area contributed by atoms with Crippen LogP contribution in [0.25, 0.3) is 11.3 Å². The fourth-order valence-electron chi connectivity index (χ4n) is 3.48. The zero-order valence-electron chi connectivity index (χ0n) is 16.7. The van der Waals surface area contributed by atoms with E-state index in [1.165, 1.54) is 36.4 Å². The third-order valence-electron chi connectivity index (χ3n) is 5.25. The van der Waals surface area contributed by atoms with Crippen LogP contribution in [0.2, 0.25) is 5.02 Å². The first kappa shape index (κ1) is 20.1. The summed E-state index contributed by atoms with van der Waals surface area (Å²) in [5, 5.41) is 2.30. The van der Waals surface area contributed by atoms with Crippen LogP contribution in [-0.2, 0) is 4.74 Å². The zero-order valence-corrected chi connectivity index (χ0v) is 18.2. The van der Waals surface area contributed by atoms with Gasteiger partial charge >= 0.3 is 5.97 Å². The Bertz CT molecular complexity index is 1200. The van der Waals surface area contributed by atoms with Crippen molar-refractivity contribution < 1.29 is 19.0 Å². The van der Waals surface area contributed by atoms with Gasteiger partial charge in [-0.2, -0.15) is 0 Å². The molecule has 0 saturated heterocycles. The Morgan fingerprint density at radius 3 is 2.90 bits per heavy atom. The monoisotopic (exact) mass is 458 g/mol. The maximum atomic E-state index is 12.7. The van der Waals surface area contributed by atoms with Crippen LogP contribution in [0.3, 0.4) is 0 Å². The highest BCUT2D eigenvalue weighted by atomic mass is 35.5. The number of pyridine rings is 1. The van der Waals surface area contributed by atoms with E-state index in [9.17, 15) is 9.59 Å². The second-order valence-corrected chi connectivity index (χ2v) is 8.61. The van der Waals surface area contributed by atoms with Gasteiger partial charge in [0.1, 0.15) is 22.8 Å². The number of thiazole rings is 1. The number of ether oxygens (including phenoxy) is 3. The van der Waals surface area contributed by atoms with Gasteiger partial charge in [-0.3, -0.25) is 4.79 Å². The number of benzene rings is 1. The average molecular weight is 459 g/mol. The van der Waals surface area contributed by atoms with Crippen molar-refractivity contribution in [3.8, 4) is 22.8 Å². The molecule has 1 unspecified atom stereocenters. The molecular weight excluding hydrogens is 440 g/mol. The lowest BCUT2D eigenvalue weighted by Crippen LogP contribution is -2.28. The van der Waals surface area contributed by atoms with Gasteiger partial charge in [0.15, 0.2) is 5.43 Å². The molecule has 9 heteroatoms. The van der Waals surface area contributed by atoms with E-state index in [0.717, 1.165) is 0 Å². The fourth-order valence-corrected chi connectivity index (χ4v) is 4.26. The molecule has 0 radical (unpaired) electrons. The molecule has 1 fully saturated rings. The first-order chi connectivity index (χ1) is 15.0. The van der Waals surface area contributed by atoms with Crippen LogP contribution in [0, 0.1) is 5.92 Å². The average Bonchev–Trinajstić information content (AvgIpc) is 3.42. The molecular formula is C22H19ClN2O5S. The topological polar surface area (TPSA) is 79.7 Å². The Hall–Kier alpha value is -2.84. The summed E-state index contributed by atoms with van der Waals surface area (Å²) in [7, 11) is 0. The van der Waals surface area contributed by atoms with Crippen molar-refractivity contribution in [1.82, 2.24) is 9.55 Å². The second kappa shape index (κ2) is 8.01. The standard InChI is InChI=1S/C22H19ClN2O5S/c1-2-28-22(27)14-8-25-17(6-18(14)26)13-5-15(23)20(29-9-12-3-4-12)7-19(13)30-21(25)16-10-31-11-24-16/h5-8,10-12,21H,2-4,9H2,1H3. The SMILES string of the molecule is CCOC(=O)c1cn2c(cc1=O)-c1cc(Cl)c(OCC3CC3)cc1OC2c1cscn1. The maximum absolute atomic E-state index is 12.7. The lowest BCUT2D eigenvalue weighted by atomic mass is 10.0. The van der Waals surface area contributed by atoms with E-state index >= 15 is 0 Å². The Balaban J connectivity index is 1.63. The van der Waals surface area contributed by atoms with Gasteiger partial charge in [-0.25, -0.2) is 9.78 Å². The summed E-state index contributed by atoms with van der Waals surface area (Å²) >= 11 is 7.91. The number of carbonyl (C=O) groups is 1. The van der Waals surface area contributed by atoms with Crippen LogP contribution in [0.4, 0.5) is 0 Å². The second-order valence-electron chi connectivity index (χ2n) is 7.48. The van der Waals surface area contributed by atoms with Gasteiger partial charge in [-0.15, -0.1) is 11.3 Å². The molecule has 31 heavy (non-hydrogen) atoms. The predicted octanol–water partition coefficient (Wildman–Crippen LogP) is 4.53. The molecule has 1 aromatic carbocycles. The Morgan fingerprint density at radius 2 is 2.19 bits per heavy atom. The summed E-state index contributed by atoms with van der Waals surface area (Å²) in [6.07, 6.45) is 3.15. The van der Waals surface area contributed by atoms with Crippen molar-refractivity contribution in [1.29, 1.82) is 0 Å². The van der Waals surface area contributed by atoms with Crippen LogP contribution < -0.4 is 14.9 Å². The molecule has 7 nitrogen and oxygen atoms in total. The Morgan fingerprint density at radius 1 is 1.35 bits per heavy atom. The number of carbonyl (C=O) groups excluding carboxylic acids is 1. The van der Waals surface area contributed by atoms with Crippen molar-refractivity contribution in [3.63, 3.8) is 0 Å². The largest absolute Gasteiger partial charge is 0.492 e. The summed E-state index contributed by atoms with van der Waals surface area (Å²) < 4.78 is 18.9. The maximum Gasteiger partial charge on any atom is 0.343 e. The molecule has 1 saturated carbocycles. The third-order valence-corrected chi connectivity index (χ3v) is 6.15. The summed E-state index contributed by atoms with van der Waals surface area (Å²) in [5.74, 6) is 0.989. The number of rotatable bonds is 6. The van der Waals surface area contributed by atoms with Gasteiger partial charge in [-0.05, 0) is 31.7 Å². The zero-order chi connectivity index (χ0) is 21.5. The van der Waals surface area contributed by atoms with Crippen molar-refractivity contribution in [3.05, 3.63) is 61.8 Å². The van der Waals surface area contributed by atoms with Crippen molar-refractivity contribution in [2.24, 2.45) is 5.92 Å². The molecule has 0 amide bonds. The number of halogens is 1. The van der Waals surface area contributed by atoms with E-state index in [1.54, 1.807) is 29.1 Å². The molecule has 2 aromatic heterocycles. The van der Waals surface area contributed by atoms with Gasteiger partial charge in [0.2, 0.25) is 6.23 Å². The molecule has 3 heterocycles. The number of hydrogen-bond acceptors (Lipinski definition) is 7. The molecule has 0 spiro atoms. The lowest BCUT2D eigenvalue weighted by molar-refractivity contribution is 0.0522. The minimum Gasteiger partial charge on any atom is -0.492 e. The van der Waals surface area contributed by atoms with Gasteiger partial charge in [0.25, 0.3) is 0 Å². The third kappa shape index (κ3) is 3.81. The molecule has 3 aromatic rings. The number of aromatic nitrogens is 2. The van der Waals surface area contributed by atoms with Crippen LogP contribution in [0.1, 0.15) is 42.0 Å². The van der Waals surface area contributed by atoms with E-state index in [4.69, 9.17) is 25.8 Å². The predicted molar refractivity (Wildman–Crippen MR) is 116 cm³/mol. The summed E-state index contributed by atoms with van der Waals surface area (Å²) in [5.41, 5.74) is 3.09. The van der Waals surface area contributed by atoms with Crippen LogP contribution in [-0.4, -0.2) is 28.7 Å². The Labute approximate surface area is 187 Å². The smallest absolute Gasteiger partial charge is 0.343 e. The summed E-state index contributed by atoms with van der Waals surface area (Å²) in [6, 6.07) is 4.90. The van der Waals surface area contributed by atoms with Crippen LogP contribution in [0.5, 0.6) is 11.5 Å². The lowest BCUT2D eigenvalue weighted by Gasteiger charge is -2.31.